The van der Waals surface area contributed by atoms with Crippen LogP contribution in [0.5, 0.6) is 0 Å². The average molecular weight is 472 g/mol. The maximum absolute atomic E-state index is 13.3. The Hall–Kier alpha value is -2.68. The first-order valence-corrected chi connectivity index (χ1v) is 12.6. The van der Waals surface area contributed by atoms with Gasteiger partial charge in [-0.2, -0.15) is 0 Å². The molecule has 1 aliphatic rings. The largest absolute Gasteiger partial charge is 0.468 e. The highest BCUT2D eigenvalue weighted by atomic mass is 32.2. The number of hydrogen-bond acceptors (Lipinski definition) is 5. The van der Waals surface area contributed by atoms with E-state index in [1.807, 2.05) is 39.0 Å². The van der Waals surface area contributed by atoms with E-state index in [9.17, 15) is 12.8 Å². The number of aryl methyl sites for hydroxylation is 3. The molecule has 33 heavy (non-hydrogen) atoms. The number of halogens is 1. The Balaban J connectivity index is 1.48. The Labute approximate surface area is 195 Å². The monoisotopic (exact) mass is 471 g/mol. The second-order valence-corrected chi connectivity index (χ2v) is 10.3. The summed E-state index contributed by atoms with van der Waals surface area (Å²) in [7, 11) is -3.68. The zero-order valence-electron chi connectivity index (χ0n) is 19.2. The maximum Gasteiger partial charge on any atom is 0.240 e. The fourth-order valence-electron chi connectivity index (χ4n) is 4.32. The lowest BCUT2D eigenvalue weighted by molar-refractivity contribution is 0.166. The number of hydrogen-bond donors (Lipinski definition) is 1. The van der Waals surface area contributed by atoms with Crippen LogP contribution in [0, 0.1) is 26.6 Å². The third-order valence-corrected chi connectivity index (χ3v) is 7.93. The molecular weight excluding hydrogens is 441 g/mol. The minimum absolute atomic E-state index is 0.207. The molecule has 2 aromatic carbocycles. The van der Waals surface area contributed by atoms with Crippen molar-refractivity contribution in [3.8, 4) is 0 Å². The molecule has 6 nitrogen and oxygen atoms in total. The van der Waals surface area contributed by atoms with Crippen LogP contribution in [-0.2, 0) is 10.0 Å². The minimum Gasteiger partial charge on any atom is -0.468 e. The summed E-state index contributed by atoms with van der Waals surface area (Å²) in [5.41, 5.74) is 3.73. The zero-order chi connectivity index (χ0) is 23.6. The van der Waals surface area contributed by atoms with Crippen LogP contribution in [0.2, 0.25) is 0 Å². The van der Waals surface area contributed by atoms with Gasteiger partial charge in [0.25, 0.3) is 0 Å². The van der Waals surface area contributed by atoms with Crippen LogP contribution in [0.25, 0.3) is 0 Å². The summed E-state index contributed by atoms with van der Waals surface area (Å²) in [5.74, 6) is 0.478. The quantitative estimate of drug-likeness (QED) is 0.560. The normalized spacial score (nSPS) is 16.2. The minimum atomic E-state index is -3.68. The molecule has 1 unspecified atom stereocenters. The zero-order valence-corrected chi connectivity index (χ0v) is 20.0. The van der Waals surface area contributed by atoms with Gasteiger partial charge in [-0.3, -0.25) is 4.90 Å². The summed E-state index contributed by atoms with van der Waals surface area (Å²) in [5, 5.41) is 0. The topological polar surface area (TPSA) is 65.8 Å². The van der Waals surface area contributed by atoms with Crippen LogP contribution in [0.15, 0.2) is 64.1 Å². The van der Waals surface area contributed by atoms with Crippen LogP contribution in [0.1, 0.15) is 28.5 Å². The molecule has 0 amide bonds. The Kier molecular flexibility index (Phi) is 6.88. The molecule has 0 saturated carbocycles. The van der Waals surface area contributed by atoms with Crippen LogP contribution >= 0.6 is 0 Å². The van der Waals surface area contributed by atoms with E-state index < -0.39 is 10.0 Å². The molecule has 0 bridgehead atoms. The van der Waals surface area contributed by atoms with Gasteiger partial charge in [0.05, 0.1) is 17.2 Å². The van der Waals surface area contributed by atoms with Crippen molar-refractivity contribution in [1.29, 1.82) is 0 Å². The van der Waals surface area contributed by atoms with Crippen molar-refractivity contribution in [1.82, 2.24) is 9.62 Å². The van der Waals surface area contributed by atoms with E-state index in [0.717, 1.165) is 54.3 Å². The second kappa shape index (κ2) is 9.67. The van der Waals surface area contributed by atoms with E-state index in [1.54, 1.807) is 24.5 Å². The van der Waals surface area contributed by atoms with Gasteiger partial charge in [0.1, 0.15) is 11.6 Å². The van der Waals surface area contributed by atoms with Gasteiger partial charge < -0.3 is 9.32 Å². The van der Waals surface area contributed by atoms with Crippen LogP contribution in [0.4, 0.5) is 10.1 Å². The van der Waals surface area contributed by atoms with Crippen molar-refractivity contribution >= 4 is 15.7 Å². The van der Waals surface area contributed by atoms with E-state index in [1.165, 1.54) is 12.1 Å². The highest BCUT2D eigenvalue weighted by Gasteiger charge is 2.29. The fraction of sp³-hybridized carbons (Fsp3) is 0.360. The van der Waals surface area contributed by atoms with Crippen molar-refractivity contribution in [3.05, 3.63) is 83.1 Å². The van der Waals surface area contributed by atoms with Gasteiger partial charge in [0, 0.05) is 38.4 Å². The predicted molar refractivity (Wildman–Crippen MR) is 127 cm³/mol. The molecular formula is C25H30FN3O3S. The number of benzene rings is 2. The smallest absolute Gasteiger partial charge is 0.240 e. The molecule has 1 atom stereocenters. The van der Waals surface area contributed by atoms with Crippen molar-refractivity contribution in [2.75, 3.05) is 37.6 Å². The second-order valence-electron chi connectivity index (χ2n) is 8.58. The van der Waals surface area contributed by atoms with Crippen molar-refractivity contribution < 1.29 is 17.2 Å². The highest BCUT2D eigenvalue weighted by molar-refractivity contribution is 7.89. The first-order valence-electron chi connectivity index (χ1n) is 11.1. The molecule has 8 heteroatoms. The summed E-state index contributed by atoms with van der Waals surface area (Å²) in [4.78, 5) is 4.75. The van der Waals surface area contributed by atoms with E-state index in [4.69, 9.17) is 4.42 Å². The Morgan fingerprint density at radius 2 is 1.64 bits per heavy atom. The molecule has 3 aromatic rings. The van der Waals surface area contributed by atoms with Crippen molar-refractivity contribution in [2.45, 2.75) is 31.7 Å². The van der Waals surface area contributed by atoms with Gasteiger partial charge in [0.15, 0.2) is 0 Å². The lowest BCUT2D eigenvalue weighted by Gasteiger charge is -2.39. The van der Waals surface area contributed by atoms with Gasteiger partial charge in [-0.1, -0.05) is 6.07 Å². The molecule has 0 spiro atoms. The van der Waals surface area contributed by atoms with E-state index in [-0.39, 0.29) is 18.4 Å². The van der Waals surface area contributed by atoms with E-state index in [2.05, 4.69) is 14.5 Å². The maximum atomic E-state index is 13.3. The number of anilines is 1. The van der Waals surface area contributed by atoms with Crippen molar-refractivity contribution in [3.63, 3.8) is 0 Å². The van der Waals surface area contributed by atoms with Gasteiger partial charge in [0.2, 0.25) is 10.0 Å². The molecule has 0 aliphatic carbocycles. The third kappa shape index (κ3) is 5.29. The summed E-state index contributed by atoms with van der Waals surface area (Å²) in [6, 6.07) is 13.6. The first-order chi connectivity index (χ1) is 15.7. The van der Waals surface area contributed by atoms with Crippen LogP contribution in [0.3, 0.4) is 0 Å². The summed E-state index contributed by atoms with van der Waals surface area (Å²) in [6.45, 7) is 8.89. The molecule has 1 fully saturated rings. The molecule has 1 saturated heterocycles. The van der Waals surface area contributed by atoms with Gasteiger partial charge in [-0.15, -0.1) is 0 Å². The number of piperazine rings is 1. The lowest BCUT2D eigenvalue weighted by Crippen LogP contribution is -2.49. The van der Waals surface area contributed by atoms with E-state index in [0.29, 0.717) is 4.90 Å². The predicted octanol–water partition coefficient (Wildman–Crippen LogP) is 4.19. The number of rotatable bonds is 7. The SMILES string of the molecule is Cc1cc(C)c(S(=O)(=O)NCC(c2ccco2)N2CCN(c3ccc(F)cc3)CC2)cc1C. The molecule has 0 radical (unpaired) electrons. The molecule has 1 aliphatic heterocycles. The molecule has 1 N–H and O–H groups in total. The third-order valence-electron chi connectivity index (χ3n) is 6.37. The van der Waals surface area contributed by atoms with Gasteiger partial charge >= 0.3 is 0 Å². The summed E-state index contributed by atoms with van der Waals surface area (Å²) < 4.78 is 48.0. The highest BCUT2D eigenvalue weighted by Crippen LogP contribution is 2.26. The van der Waals surface area contributed by atoms with Crippen molar-refractivity contribution in [2.24, 2.45) is 0 Å². The summed E-state index contributed by atoms with van der Waals surface area (Å²) in [6.07, 6.45) is 1.61. The Morgan fingerprint density at radius 1 is 0.970 bits per heavy atom. The number of sulfonamides is 1. The summed E-state index contributed by atoms with van der Waals surface area (Å²) >= 11 is 0. The standard InChI is InChI=1S/C25H30FN3O3S/c1-18-15-20(3)25(16-19(18)2)33(30,31)27-17-23(24-5-4-14-32-24)29-12-10-28(11-13-29)22-8-6-21(26)7-9-22/h4-9,14-16,23,27H,10-13,17H2,1-3H3. The molecule has 2 heterocycles. The van der Waals surface area contributed by atoms with Gasteiger partial charge in [-0.05, 0) is 79.9 Å². The lowest BCUT2D eigenvalue weighted by atomic mass is 10.1. The number of furan rings is 1. The molecule has 1 aromatic heterocycles. The fourth-order valence-corrected chi connectivity index (χ4v) is 5.67. The number of nitrogens with one attached hydrogen (secondary N) is 1. The first kappa shape index (κ1) is 23.5. The van der Waals surface area contributed by atoms with Crippen LogP contribution < -0.4 is 9.62 Å². The van der Waals surface area contributed by atoms with Gasteiger partial charge in [-0.25, -0.2) is 17.5 Å². The molecule has 4 rings (SSSR count). The van der Waals surface area contributed by atoms with E-state index >= 15 is 0 Å². The van der Waals surface area contributed by atoms with Crippen LogP contribution in [-0.4, -0.2) is 46.0 Å². The Morgan fingerprint density at radius 3 is 2.27 bits per heavy atom. The number of nitrogens with zero attached hydrogens (tertiary/aromatic N) is 2. The molecule has 176 valence electrons. The average Bonchev–Trinajstić information content (AvgIpc) is 3.32. The Bertz CT molecular complexity index is 1190.